The molecular weight excluding hydrogens is 336 g/mol. The molecule has 1 saturated heterocycles. The van der Waals surface area contributed by atoms with Gasteiger partial charge in [0.05, 0.1) is 0 Å². The molecule has 2 aliphatic rings. The van der Waals surface area contributed by atoms with Gasteiger partial charge in [0.25, 0.3) is 0 Å². The summed E-state index contributed by atoms with van der Waals surface area (Å²) in [6.07, 6.45) is 4.08. The zero-order valence-electron chi connectivity index (χ0n) is 16.0. The van der Waals surface area contributed by atoms with E-state index >= 15 is 0 Å². The first kappa shape index (κ1) is 17.8. The van der Waals surface area contributed by atoms with Crippen molar-refractivity contribution in [1.82, 2.24) is 14.8 Å². The molecule has 0 bridgehead atoms. The van der Waals surface area contributed by atoms with E-state index in [2.05, 4.69) is 47.5 Å². The SMILES string of the molecule is Cc1ccc([C@@H]2CN(Cc3cc(C#N)n(C)c3)C[C@H]2NC(=O)C2CC2)cc1. The Balaban J connectivity index is 1.51. The molecule has 1 aliphatic heterocycles. The van der Waals surface area contributed by atoms with Crippen molar-refractivity contribution in [3.8, 4) is 6.07 Å². The molecule has 1 aromatic heterocycles. The number of aryl methyl sites for hydroxylation is 2. The van der Waals surface area contributed by atoms with Crippen LogP contribution in [0.25, 0.3) is 0 Å². The minimum atomic E-state index is 0.139. The van der Waals surface area contributed by atoms with Crippen molar-refractivity contribution in [3.05, 3.63) is 58.9 Å². The summed E-state index contributed by atoms with van der Waals surface area (Å²) in [4.78, 5) is 14.8. The van der Waals surface area contributed by atoms with E-state index in [0.29, 0.717) is 11.6 Å². The van der Waals surface area contributed by atoms with Crippen molar-refractivity contribution in [3.63, 3.8) is 0 Å². The molecule has 4 rings (SSSR count). The highest BCUT2D eigenvalue weighted by Crippen LogP contribution is 2.32. The van der Waals surface area contributed by atoms with Crippen LogP contribution in [0.3, 0.4) is 0 Å². The summed E-state index contributed by atoms with van der Waals surface area (Å²) < 4.78 is 1.87. The Morgan fingerprint density at radius 3 is 2.63 bits per heavy atom. The number of aromatic nitrogens is 1. The quantitative estimate of drug-likeness (QED) is 0.890. The number of amides is 1. The number of carbonyl (C=O) groups excluding carboxylic acids is 1. The average molecular weight is 362 g/mol. The van der Waals surface area contributed by atoms with Crippen molar-refractivity contribution in [2.45, 2.75) is 38.3 Å². The lowest BCUT2D eigenvalue weighted by Crippen LogP contribution is -2.40. The van der Waals surface area contributed by atoms with E-state index in [-0.39, 0.29) is 17.9 Å². The molecule has 1 saturated carbocycles. The van der Waals surface area contributed by atoms with E-state index in [4.69, 9.17) is 0 Å². The van der Waals surface area contributed by atoms with E-state index in [1.807, 2.05) is 23.9 Å². The maximum absolute atomic E-state index is 12.4. The second kappa shape index (κ2) is 7.21. The molecule has 2 heterocycles. The molecular formula is C22H26N4O. The second-order valence-electron chi connectivity index (χ2n) is 8.06. The van der Waals surface area contributed by atoms with E-state index in [0.717, 1.165) is 38.0 Å². The van der Waals surface area contributed by atoms with Gasteiger partial charge in [0.15, 0.2) is 0 Å². The molecule has 1 aromatic carbocycles. The number of nitriles is 1. The van der Waals surface area contributed by atoms with Crippen molar-refractivity contribution < 1.29 is 4.79 Å². The van der Waals surface area contributed by atoms with Gasteiger partial charge in [-0.25, -0.2) is 0 Å². The Kier molecular flexibility index (Phi) is 4.75. The largest absolute Gasteiger partial charge is 0.351 e. The molecule has 0 radical (unpaired) electrons. The summed E-state index contributed by atoms with van der Waals surface area (Å²) in [5.74, 6) is 0.739. The first-order chi connectivity index (χ1) is 13.0. The summed E-state index contributed by atoms with van der Waals surface area (Å²) in [5.41, 5.74) is 4.36. The van der Waals surface area contributed by atoms with Crippen LogP contribution in [-0.2, 0) is 18.4 Å². The Morgan fingerprint density at radius 2 is 2.00 bits per heavy atom. The summed E-state index contributed by atoms with van der Waals surface area (Å²) >= 11 is 0. The average Bonchev–Trinajstić information content (AvgIpc) is 3.35. The lowest BCUT2D eigenvalue weighted by Gasteiger charge is -2.20. The predicted octanol–water partition coefficient (Wildman–Crippen LogP) is 2.70. The van der Waals surface area contributed by atoms with Gasteiger partial charge in [-0.05, 0) is 37.0 Å². The monoisotopic (exact) mass is 362 g/mol. The number of nitrogens with one attached hydrogen (secondary N) is 1. The van der Waals surface area contributed by atoms with E-state index in [1.165, 1.54) is 11.1 Å². The van der Waals surface area contributed by atoms with Crippen LogP contribution in [0, 0.1) is 24.2 Å². The molecule has 1 aliphatic carbocycles. The minimum absolute atomic E-state index is 0.139. The Labute approximate surface area is 160 Å². The van der Waals surface area contributed by atoms with Gasteiger partial charge in [0, 0.05) is 50.8 Å². The van der Waals surface area contributed by atoms with Gasteiger partial charge in [-0.15, -0.1) is 0 Å². The van der Waals surface area contributed by atoms with Crippen LogP contribution in [0.4, 0.5) is 0 Å². The van der Waals surface area contributed by atoms with Gasteiger partial charge in [0.1, 0.15) is 11.8 Å². The van der Waals surface area contributed by atoms with Crippen LogP contribution in [0.5, 0.6) is 0 Å². The molecule has 0 unspecified atom stereocenters. The summed E-state index contributed by atoms with van der Waals surface area (Å²) in [7, 11) is 1.90. The van der Waals surface area contributed by atoms with Gasteiger partial charge in [0.2, 0.25) is 5.91 Å². The number of carbonyl (C=O) groups is 1. The molecule has 0 spiro atoms. The first-order valence-electron chi connectivity index (χ1n) is 9.68. The van der Waals surface area contributed by atoms with Gasteiger partial charge >= 0.3 is 0 Å². The highest BCUT2D eigenvalue weighted by atomic mass is 16.2. The smallest absolute Gasteiger partial charge is 0.223 e. The third kappa shape index (κ3) is 3.91. The zero-order valence-corrected chi connectivity index (χ0v) is 16.0. The van der Waals surface area contributed by atoms with Crippen molar-refractivity contribution in [1.29, 1.82) is 5.26 Å². The third-order valence-corrected chi connectivity index (χ3v) is 5.76. The topological polar surface area (TPSA) is 61.1 Å². The van der Waals surface area contributed by atoms with Crippen LogP contribution in [-0.4, -0.2) is 34.5 Å². The lowest BCUT2D eigenvalue weighted by atomic mass is 9.93. The molecule has 1 N–H and O–H groups in total. The molecule has 5 heteroatoms. The fourth-order valence-electron chi connectivity index (χ4n) is 4.05. The fourth-order valence-corrected chi connectivity index (χ4v) is 4.05. The molecule has 2 aromatic rings. The number of benzene rings is 1. The minimum Gasteiger partial charge on any atom is -0.351 e. The van der Waals surface area contributed by atoms with E-state index < -0.39 is 0 Å². The lowest BCUT2D eigenvalue weighted by molar-refractivity contribution is -0.123. The highest BCUT2D eigenvalue weighted by molar-refractivity contribution is 5.81. The fraction of sp³-hybridized carbons (Fsp3) is 0.455. The molecule has 5 nitrogen and oxygen atoms in total. The van der Waals surface area contributed by atoms with E-state index in [9.17, 15) is 10.1 Å². The van der Waals surface area contributed by atoms with Crippen LogP contribution in [0.15, 0.2) is 36.5 Å². The number of rotatable bonds is 5. The molecule has 27 heavy (non-hydrogen) atoms. The van der Waals surface area contributed by atoms with Crippen molar-refractivity contribution in [2.24, 2.45) is 13.0 Å². The predicted molar refractivity (Wildman–Crippen MR) is 104 cm³/mol. The molecule has 1 amide bonds. The first-order valence-corrected chi connectivity index (χ1v) is 9.68. The number of hydrogen-bond acceptors (Lipinski definition) is 3. The molecule has 140 valence electrons. The van der Waals surface area contributed by atoms with Crippen LogP contribution in [0.2, 0.25) is 0 Å². The van der Waals surface area contributed by atoms with Gasteiger partial charge in [-0.3, -0.25) is 9.69 Å². The summed E-state index contributed by atoms with van der Waals surface area (Å²) in [6, 6.07) is 13.0. The van der Waals surface area contributed by atoms with Crippen molar-refractivity contribution >= 4 is 5.91 Å². The number of hydrogen-bond donors (Lipinski definition) is 1. The maximum Gasteiger partial charge on any atom is 0.223 e. The van der Waals surface area contributed by atoms with Crippen LogP contribution < -0.4 is 5.32 Å². The van der Waals surface area contributed by atoms with Crippen LogP contribution >= 0.6 is 0 Å². The zero-order chi connectivity index (χ0) is 19.0. The Morgan fingerprint density at radius 1 is 1.26 bits per heavy atom. The highest BCUT2D eigenvalue weighted by Gasteiger charge is 2.38. The van der Waals surface area contributed by atoms with Crippen LogP contribution in [0.1, 0.15) is 41.1 Å². The number of nitrogens with zero attached hydrogens (tertiary/aromatic N) is 3. The molecule has 2 fully saturated rings. The van der Waals surface area contributed by atoms with Crippen molar-refractivity contribution in [2.75, 3.05) is 13.1 Å². The molecule has 2 atom stereocenters. The maximum atomic E-state index is 12.4. The standard InChI is InChI=1S/C22H26N4O/c1-15-3-5-17(6-4-15)20-13-26(12-16-9-19(10-23)25(2)11-16)14-21(20)24-22(27)18-7-8-18/h3-6,9,11,18,20-21H,7-8,12-14H2,1-2H3,(H,24,27)/t20-,21+/m0/s1. The summed E-state index contributed by atoms with van der Waals surface area (Å²) in [6.45, 7) is 4.65. The Bertz CT molecular complexity index is 873. The normalized spacial score (nSPS) is 22.6. The third-order valence-electron chi connectivity index (χ3n) is 5.76. The van der Waals surface area contributed by atoms with Gasteiger partial charge < -0.3 is 9.88 Å². The number of likely N-dealkylation sites (tertiary alicyclic amines) is 1. The van der Waals surface area contributed by atoms with Gasteiger partial charge in [-0.2, -0.15) is 5.26 Å². The summed E-state index contributed by atoms with van der Waals surface area (Å²) in [5, 5.41) is 12.5. The Hall–Kier alpha value is -2.58. The van der Waals surface area contributed by atoms with E-state index in [1.54, 1.807) is 0 Å². The second-order valence-corrected chi connectivity index (χ2v) is 8.06. The van der Waals surface area contributed by atoms with Gasteiger partial charge in [-0.1, -0.05) is 29.8 Å².